The van der Waals surface area contributed by atoms with Gasteiger partial charge >= 0.3 is 0 Å². The van der Waals surface area contributed by atoms with Crippen molar-refractivity contribution in [3.05, 3.63) is 12.4 Å². The van der Waals surface area contributed by atoms with E-state index in [-0.39, 0.29) is 11.9 Å². The van der Waals surface area contributed by atoms with Gasteiger partial charge in [-0.1, -0.05) is 0 Å². The predicted octanol–water partition coefficient (Wildman–Crippen LogP) is 1.18. The summed E-state index contributed by atoms with van der Waals surface area (Å²) >= 11 is 0. The van der Waals surface area contributed by atoms with Crippen molar-refractivity contribution in [3.8, 4) is 0 Å². The van der Waals surface area contributed by atoms with Gasteiger partial charge in [-0.2, -0.15) is 5.10 Å². The molecule has 0 radical (unpaired) electrons. The minimum atomic E-state index is -0.0499. The van der Waals surface area contributed by atoms with Crippen molar-refractivity contribution < 1.29 is 4.79 Å². The van der Waals surface area contributed by atoms with Crippen molar-refractivity contribution in [2.45, 2.75) is 38.8 Å². The highest BCUT2D eigenvalue weighted by molar-refractivity contribution is 5.97. The smallest absolute Gasteiger partial charge is 0.244 e. The van der Waals surface area contributed by atoms with Crippen molar-refractivity contribution in [2.75, 3.05) is 18.5 Å². The number of likely N-dealkylation sites (N-methyl/N-ethyl adjacent to an activating group) is 1. The van der Waals surface area contributed by atoms with Crippen LogP contribution in [0.1, 0.15) is 32.7 Å². The Kier molecular flexibility index (Phi) is 3.47. The van der Waals surface area contributed by atoms with E-state index in [4.69, 9.17) is 0 Å². The summed E-state index contributed by atoms with van der Waals surface area (Å²) in [6.07, 6.45) is 5.67. The molecule has 1 saturated heterocycles. The summed E-state index contributed by atoms with van der Waals surface area (Å²) in [6.45, 7) is 4.94. The fourth-order valence-corrected chi connectivity index (χ4v) is 2.15. The van der Waals surface area contributed by atoms with Crippen LogP contribution in [0, 0.1) is 0 Å². The summed E-state index contributed by atoms with van der Waals surface area (Å²) in [5, 5.41) is 7.34. The fourth-order valence-electron chi connectivity index (χ4n) is 2.15. The van der Waals surface area contributed by atoms with Crippen LogP contribution in [-0.4, -0.2) is 35.3 Å². The Labute approximate surface area is 102 Å². The van der Waals surface area contributed by atoms with Gasteiger partial charge in [0.2, 0.25) is 5.91 Å². The van der Waals surface area contributed by atoms with Crippen LogP contribution in [0.3, 0.4) is 0 Å². The molecule has 1 amide bonds. The Morgan fingerprint density at radius 1 is 1.53 bits per heavy atom. The first kappa shape index (κ1) is 12.1. The van der Waals surface area contributed by atoms with E-state index in [2.05, 4.69) is 24.3 Å². The van der Waals surface area contributed by atoms with Crippen LogP contribution in [0.5, 0.6) is 0 Å². The van der Waals surface area contributed by atoms with E-state index in [0.717, 1.165) is 25.1 Å². The Hall–Kier alpha value is -1.36. The topological polar surface area (TPSA) is 50.2 Å². The van der Waals surface area contributed by atoms with Gasteiger partial charge in [-0.25, -0.2) is 0 Å². The summed E-state index contributed by atoms with van der Waals surface area (Å²) in [4.78, 5) is 14.0. The fraction of sp³-hybridized carbons (Fsp3) is 0.667. The Morgan fingerprint density at radius 2 is 2.29 bits per heavy atom. The maximum absolute atomic E-state index is 12.2. The third-order valence-corrected chi connectivity index (χ3v) is 3.22. The molecule has 1 atom stereocenters. The summed E-state index contributed by atoms with van der Waals surface area (Å²) in [5.74, 6) is 0.155. The predicted molar refractivity (Wildman–Crippen MR) is 67.0 cm³/mol. The SMILES string of the molecule is CNC1CCCN(c2cnn(C(C)C)c2)C1=O. The molecule has 2 heterocycles. The molecule has 5 heteroatoms. The molecule has 1 aliphatic rings. The zero-order valence-corrected chi connectivity index (χ0v) is 10.7. The minimum absolute atomic E-state index is 0.0499. The monoisotopic (exact) mass is 236 g/mol. The second kappa shape index (κ2) is 4.87. The number of anilines is 1. The van der Waals surface area contributed by atoms with Crippen LogP contribution in [0.4, 0.5) is 5.69 Å². The van der Waals surface area contributed by atoms with Crippen LogP contribution in [0.15, 0.2) is 12.4 Å². The number of hydrogen-bond acceptors (Lipinski definition) is 3. The average molecular weight is 236 g/mol. The number of hydrogen-bond donors (Lipinski definition) is 1. The lowest BCUT2D eigenvalue weighted by Crippen LogP contribution is -2.49. The van der Waals surface area contributed by atoms with E-state index in [1.54, 1.807) is 6.20 Å². The van der Waals surface area contributed by atoms with Crippen molar-refractivity contribution >= 4 is 11.6 Å². The quantitative estimate of drug-likeness (QED) is 0.857. The van der Waals surface area contributed by atoms with E-state index in [9.17, 15) is 4.79 Å². The lowest BCUT2D eigenvalue weighted by molar-refractivity contribution is -0.121. The van der Waals surface area contributed by atoms with Gasteiger partial charge in [0.05, 0.1) is 17.9 Å². The van der Waals surface area contributed by atoms with E-state index >= 15 is 0 Å². The van der Waals surface area contributed by atoms with Crippen molar-refractivity contribution in [1.29, 1.82) is 0 Å². The Bertz CT molecular complexity index is 399. The summed E-state index contributed by atoms with van der Waals surface area (Å²) < 4.78 is 1.88. The molecule has 0 aromatic carbocycles. The average Bonchev–Trinajstić information content (AvgIpc) is 2.78. The molecule has 0 spiro atoms. The highest BCUT2D eigenvalue weighted by Crippen LogP contribution is 2.21. The summed E-state index contributed by atoms with van der Waals surface area (Å²) in [5.41, 5.74) is 0.906. The molecular weight excluding hydrogens is 216 g/mol. The molecule has 17 heavy (non-hydrogen) atoms. The third kappa shape index (κ3) is 2.34. The number of nitrogens with zero attached hydrogens (tertiary/aromatic N) is 3. The first-order chi connectivity index (χ1) is 8.13. The van der Waals surface area contributed by atoms with Crippen LogP contribution >= 0.6 is 0 Å². The van der Waals surface area contributed by atoms with E-state index in [0.29, 0.717) is 6.04 Å². The van der Waals surface area contributed by atoms with Crippen LogP contribution in [-0.2, 0) is 4.79 Å². The molecule has 1 aromatic rings. The van der Waals surface area contributed by atoms with Gasteiger partial charge in [0.25, 0.3) is 0 Å². The number of amides is 1. The van der Waals surface area contributed by atoms with E-state index in [1.165, 1.54) is 0 Å². The molecule has 5 nitrogen and oxygen atoms in total. The van der Waals surface area contributed by atoms with Crippen molar-refractivity contribution in [3.63, 3.8) is 0 Å². The number of carbonyl (C=O) groups excluding carboxylic acids is 1. The number of nitrogens with one attached hydrogen (secondary N) is 1. The maximum Gasteiger partial charge on any atom is 0.244 e. The normalized spacial score (nSPS) is 21.3. The zero-order valence-electron chi connectivity index (χ0n) is 10.7. The van der Waals surface area contributed by atoms with Gasteiger partial charge in [-0.15, -0.1) is 0 Å². The number of carbonyl (C=O) groups is 1. The van der Waals surface area contributed by atoms with Gasteiger partial charge < -0.3 is 10.2 Å². The number of piperidine rings is 1. The van der Waals surface area contributed by atoms with Gasteiger partial charge in [0.15, 0.2) is 0 Å². The van der Waals surface area contributed by atoms with Gasteiger partial charge in [-0.3, -0.25) is 9.48 Å². The molecule has 94 valence electrons. The molecule has 1 unspecified atom stereocenters. The Balaban J connectivity index is 2.17. The standard InChI is InChI=1S/C12H20N4O/c1-9(2)16-8-10(7-14-16)15-6-4-5-11(13-3)12(15)17/h7-9,11,13H,4-6H2,1-3H3. The molecular formula is C12H20N4O. The van der Waals surface area contributed by atoms with Gasteiger partial charge in [-0.05, 0) is 33.7 Å². The maximum atomic E-state index is 12.2. The Morgan fingerprint density at radius 3 is 2.88 bits per heavy atom. The molecule has 2 rings (SSSR count). The summed E-state index contributed by atoms with van der Waals surface area (Å²) in [6, 6.07) is 0.273. The molecule has 1 aromatic heterocycles. The first-order valence-electron chi connectivity index (χ1n) is 6.16. The van der Waals surface area contributed by atoms with Gasteiger partial charge in [0, 0.05) is 18.8 Å². The molecule has 1 aliphatic heterocycles. The van der Waals surface area contributed by atoms with Gasteiger partial charge in [0.1, 0.15) is 0 Å². The highest BCUT2D eigenvalue weighted by atomic mass is 16.2. The third-order valence-electron chi connectivity index (χ3n) is 3.22. The molecule has 0 aliphatic carbocycles. The van der Waals surface area contributed by atoms with Crippen molar-refractivity contribution in [2.24, 2.45) is 0 Å². The minimum Gasteiger partial charge on any atom is -0.309 e. The van der Waals surface area contributed by atoms with Crippen LogP contribution in [0.25, 0.3) is 0 Å². The number of rotatable bonds is 3. The van der Waals surface area contributed by atoms with Crippen LogP contribution in [0.2, 0.25) is 0 Å². The largest absolute Gasteiger partial charge is 0.309 e. The van der Waals surface area contributed by atoms with Crippen LogP contribution < -0.4 is 10.2 Å². The highest BCUT2D eigenvalue weighted by Gasteiger charge is 2.29. The summed E-state index contributed by atoms with van der Waals surface area (Å²) in [7, 11) is 1.84. The van der Waals surface area contributed by atoms with E-state index in [1.807, 2.05) is 22.8 Å². The lowest BCUT2D eigenvalue weighted by Gasteiger charge is -2.31. The zero-order chi connectivity index (χ0) is 12.4. The second-order valence-corrected chi connectivity index (χ2v) is 4.75. The lowest BCUT2D eigenvalue weighted by atomic mass is 10.0. The molecule has 0 saturated carbocycles. The molecule has 0 bridgehead atoms. The van der Waals surface area contributed by atoms with Crippen molar-refractivity contribution in [1.82, 2.24) is 15.1 Å². The first-order valence-corrected chi connectivity index (χ1v) is 6.16. The van der Waals surface area contributed by atoms with E-state index < -0.39 is 0 Å². The second-order valence-electron chi connectivity index (χ2n) is 4.75. The number of aromatic nitrogens is 2. The molecule has 1 N–H and O–H groups in total. The molecule has 1 fully saturated rings.